The number of carbonyl (C=O) groups excluding carboxylic acids is 1. The Hall–Kier alpha value is -3.06. The Kier molecular flexibility index (Phi) is 5.16. The first-order valence-corrected chi connectivity index (χ1v) is 9.83. The van der Waals surface area contributed by atoms with Crippen molar-refractivity contribution in [1.29, 1.82) is 0 Å². The minimum atomic E-state index is 0.00818. The lowest BCUT2D eigenvalue weighted by molar-refractivity contribution is 0.102. The average molecular weight is 393 g/mol. The number of benzene rings is 2. The normalized spacial score (nSPS) is 11.1. The van der Waals surface area contributed by atoms with Crippen molar-refractivity contribution in [3.05, 3.63) is 71.2 Å². The molecule has 0 amide bonds. The number of rotatable bonds is 7. The molecule has 0 spiro atoms. The van der Waals surface area contributed by atoms with Gasteiger partial charge in [-0.05, 0) is 37.1 Å². The molecule has 7 heteroatoms. The van der Waals surface area contributed by atoms with E-state index in [0.29, 0.717) is 16.7 Å². The van der Waals surface area contributed by atoms with Gasteiger partial charge in [-0.3, -0.25) is 4.79 Å². The maximum absolute atomic E-state index is 12.5. The molecule has 0 radical (unpaired) electrons. The summed E-state index contributed by atoms with van der Waals surface area (Å²) in [5.41, 5.74) is 3.78. The third-order valence-electron chi connectivity index (χ3n) is 4.36. The van der Waals surface area contributed by atoms with Gasteiger partial charge in [0.2, 0.25) is 0 Å². The predicted octanol–water partition coefficient (Wildman–Crippen LogP) is 4.72. The van der Waals surface area contributed by atoms with Gasteiger partial charge in [-0.2, -0.15) is 0 Å². The highest BCUT2D eigenvalue weighted by atomic mass is 32.2. The lowest BCUT2D eigenvalue weighted by Gasteiger charge is -2.07. The largest absolute Gasteiger partial charge is 0.484 e. The van der Waals surface area contributed by atoms with Crippen LogP contribution in [0.2, 0.25) is 0 Å². The summed E-state index contributed by atoms with van der Waals surface area (Å²) in [5.74, 6) is 1.40. The van der Waals surface area contributed by atoms with E-state index in [1.54, 1.807) is 6.20 Å². The zero-order valence-electron chi connectivity index (χ0n) is 15.6. The fraction of sp³-hybridized carbons (Fsp3) is 0.190. The highest BCUT2D eigenvalue weighted by Crippen LogP contribution is 2.24. The zero-order valence-corrected chi connectivity index (χ0v) is 16.4. The molecule has 4 rings (SSSR count). The molecular weight excluding hydrogens is 374 g/mol. The van der Waals surface area contributed by atoms with Crippen LogP contribution in [0.3, 0.4) is 0 Å². The Morgan fingerprint density at radius 2 is 2.04 bits per heavy atom. The number of nitrogens with zero attached hydrogens (tertiary/aromatic N) is 2. The number of aromatic nitrogens is 3. The SMILES string of the molecule is Cc1ccc(C)c(OCc2nnc(SCC(=O)c3c[nH]c4ccccc34)o2)c1. The van der Waals surface area contributed by atoms with Crippen LogP contribution in [-0.4, -0.2) is 26.7 Å². The average Bonchev–Trinajstić information content (AvgIpc) is 3.33. The van der Waals surface area contributed by atoms with Crippen molar-refractivity contribution in [3.8, 4) is 5.75 Å². The van der Waals surface area contributed by atoms with Gasteiger partial charge in [-0.25, -0.2) is 0 Å². The molecule has 0 unspecified atom stereocenters. The molecule has 0 atom stereocenters. The summed E-state index contributed by atoms with van der Waals surface area (Å²) >= 11 is 1.22. The quantitative estimate of drug-likeness (QED) is 0.361. The summed E-state index contributed by atoms with van der Waals surface area (Å²) in [6, 6.07) is 13.7. The molecule has 0 saturated carbocycles. The number of aromatic amines is 1. The van der Waals surface area contributed by atoms with Crippen molar-refractivity contribution in [1.82, 2.24) is 15.2 Å². The first kappa shape index (κ1) is 18.3. The lowest BCUT2D eigenvalue weighted by Crippen LogP contribution is -2.01. The van der Waals surface area contributed by atoms with Crippen molar-refractivity contribution in [3.63, 3.8) is 0 Å². The van der Waals surface area contributed by atoms with Gasteiger partial charge in [0.1, 0.15) is 5.75 Å². The summed E-state index contributed by atoms with van der Waals surface area (Å²) in [6.07, 6.45) is 1.74. The number of aryl methyl sites for hydroxylation is 2. The second-order valence-corrected chi connectivity index (χ2v) is 7.41. The van der Waals surface area contributed by atoms with Gasteiger partial charge >= 0.3 is 0 Å². The highest BCUT2D eigenvalue weighted by Gasteiger charge is 2.15. The van der Waals surface area contributed by atoms with Crippen molar-refractivity contribution >= 4 is 28.4 Å². The maximum Gasteiger partial charge on any atom is 0.277 e. The Bertz CT molecular complexity index is 1130. The molecule has 0 saturated heterocycles. The number of para-hydroxylation sites is 1. The van der Waals surface area contributed by atoms with E-state index in [-0.39, 0.29) is 18.1 Å². The predicted molar refractivity (Wildman–Crippen MR) is 108 cm³/mol. The van der Waals surface area contributed by atoms with Crippen LogP contribution in [0.25, 0.3) is 10.9 Å². The molecule has 142 valence electrons. The van der Waals surface area contributed by atoms with Gasteiger partial charge in [0.15, 0.2) is 12.4 Å². The fourth-order valence-electron chi connectivity index (χ4n) is 2.86. The Labute approximate surface area is 166 Å². The molecular formula is C21H19N3O3S. The maximum atomic E-state index is 12.5. The third kappa shape index (κ3) is 3.94. The summed E-state index contributed by atoms with van der Waals surface area (Å²) in [5, 5.41) is 9.26. The fourth-order valence-corrected chi connectivity index (χ4v) is 3.53. The molecule has 0 bridgehead atoms. The molecule has 6 nitrogen and oxygen atoms in total. The van der Waals surface area contributed by atoms with Gasteiger partial charge in [-0.1, -0.05) is 42.1 Å². The Balaban J connectivity index is 1.36. The van der Waals surface area contributed by atoms with Crippen molar-refractivity contribution < 1.29 is 13.9 Å². The van der Waals surface area contributed by atoms with Crippen LogP contribution < -0.4 is 4.74 Å². The second-order valence-electron chi connectivity index (χ2n) is 6.48. The first-order chi connectivity index (χ1) is 13.6. The number of hydrogen-bond donors (Lipinski definition) is 1. The third-order valence-corrected chi connectivity index (χ3v) is 5.18. The minimum absolute atomic E-state index is 0.00818. The van der Waals surface area contributed by atoms with E-state index in [1.807, 2.05) is 56.3 Å². The number of ether oxygens (including phenoxy) is 1. The monoisotopic (exact) mass is 393 g/mol. The number of ketones is 1. The van der Waals surface area contributed by atoms with Crippen LogP contribution in [0.1, 0.15) is 27.4 Å². The van der Waals surface area contributed by atoms with E-state index in [4.69, 9.17) is 9.15 Å². The summed E-state index contributed by atoms with van der Waals surface area (Å²) < 4.78 is 11.4. The van der Waals surface area contributed by atoms with Crippen molar-refractivity contribution in [2.24, 2.45) is 0 Å². The molecule has 1 N–H and O–H groups in total. The van der Waals surface area contributed by atoms with Gasteiger partial charge in [0, 0.05) is 22.7 Å². The van der Waals surface area contributed by atoms with Crippen LogP contribution in [-0.2, 0) is 6.61 Å². The smallest absolute Gasteiger partial charge is 0.277 e. The molecule has 0 aliphatic heterocycles. The number of Topliss-reactive ketones (excluding diaryl/α,β-unsaturated/α-hetero) is 1. The standard InChI is InChI=1S/C21H19N3O3S/c1-13-7-8-14(2)19(9-13)26-11-20-23-24-21(27-20)28-12-18(25)16-10-22-17-6-4-3-5-15(16)17/h3-10,22H,11-12H2,1-2H3. The Morgan fingerprint density at radius 1 is 1.18 bits per heavy atom. The van der Waals surface area contributed by atoms with Gasteiger partial charge in [0.05, 0.1) is 5.75 Å². The zero-order chi connectivity index (χ0) is 19.5. The molecule has 2 aromatic heterocycles. The van der Waals surface area contributed by atoms with Crippen LogP contribution in [0.15, 0.2) is 58.3 Å². The van der Waals surface area contributed by atoms with Crippen LogP contribution >= 0.6 is 11.8 Å². The lowest BCUT2D eigenvalue weighted by atomic mass is 10.1. The molecule has 2 aromatic carbocycles. The van der Waals surface area contributed by atoms with Crippen LogP contribution in [0.4, 0.5) is 0 Å². The molecule has 0 aliphatic carbocycles. The molecule has 0 fully saturated rings. The molecule has 2 heterocycles. The minimum Gasteiger partial charge on any atom is -0.484 e. The van der Waals surface area contributed by atoms with E-state index in [0.717, 1.165) is 27.8 Å². The molecule has 4 aromatic rings. The van der Waals surface area contributed by atoms with Crippen molar-refractivity contribution in [2.45, 2.75) is 25.7 Å². The summed E-state index contributed by atoms with van der Waals surface area (Å²) in [4.78, 5) is 15.6. The van der Waals surface area contributed by atoms with Gasteiger partial charge < -0.3 is 14.1 Å². The number of fused-ring (bicyclic) bond motifs is 1. The van der Waals surface area contributed by atoms with Crippen molar-refractivity contribution in [2.75, 3.05) is 5.75 Å². The number of H-pyrrole nitrogens is 1. The van der Waals surface area contributed by atoms with E-state index in [9.17, 15) is 4.79 Å². The second kappa shape index (κ2) is 7.90. The number of hydrogen-bond acceptors (Lipinski definition) is 6. The van der Waals surface area contributed by atoms with E-state index < -0.39 is 0 Å². The topological polar surface area (TPSA) is 81.0 Å². The highest BCUT2D eigenvalue weighted by molar-refractivity contribution is 7.99. The molecule has 28 heavy (non-hydrogen) atoms. The van der Waals surface area contributed by atoms with E-state index in [2.05, 4.69) is 15.2 Å². The Morgan fingerprint density at radius 3 is 2.93 bits per heavy atom. The summed E-state index contributed by atoms with van der Waals surface area (Å²) in [7, 11) is 0. The number of nitrogens with one attached hydrogen (secondary N) is 1. The van der Waals surface area contributed by atoms with E-state index in [1.165, 1.54) is 11.8 Å². The number of carbonyl (C=O) groups is 1. The first-order valence-electron chi connectivity index (χ1n) is 8.85. The van der Waals surface area contributed by atoms with Gasteiger partial charge in [0.25, 0.3) is 11.1 Å². The summed E-state index contributed by atoms with van der Waals surface area (Å²) in [6.45, 7) is 4.19. The van der Waals surface area contributed by atoms with Crippen LogP contribution in [0, 0.1) is 13.8 Å². The van der Waals surface area contributed by atoms with E-state index >= 15 is 0 Å². The number of thioether (sulfide) groups is 1. The molecule has 0 aliphatic rings. The van der Waals surface area contributed by atoms with Gasteiger partial charge in [-0.15, -0.1) is 10.2 Å². The van der Waals surface area contributed by atoms with Crippen LogP contribution in [0.5, 0.6) is 5.75 Å².